The fraction of sp³-hybridized carbons (Fsp3) is 0.297. The number of rotatable bonds is 21. The first-order valence-electron chi connectivity index (χ1n) is 16.9. The number of nitrogen functional groups attached to an aromatic ring is 1. The van der Waals surface area contributed by atoms with Gasteiger partial charge in [-0.25, -0.2) is 19.3 Å². The molecule has 286 valence electrons. The number of Topliss-reactive ketones (excluding diaryl/α,β-unsaturated/α-hetero) is 2. The van der Waals surface area contributed by atoms with Crippen LogP contribution in [0.3, 0.4) is 0 Å². The molecule has 0 aliphatic carbocycles. The molecule has 0 unspecified atom stereocenters. The van der Waals surface area contributed by atoms with Gasteiger partial charge >= 0.3 is 13.8 Å². The summed E-state index contributed by atoms with van der Waals surface area (Å²) in [6.45, 7) is 1.99. The van der Waals surface area contributed by atoms with Crippen molar-refractivity contribution in [1.29, 1.82) is 0 Å². The second-order valence-electron chi connectivity index (χ2n) is 12.1. The van der Waals surface area contributed by atoms with Gasteiger partial charge in [0, 0.05) is 36.1 Å². The summed E-state index contributed by atoms with van der Waals surface area (Å²) in [7, 11) is -4.06. The standard InChI is InChI=1S/C37H38N7O10P/c1-4-52-55(51,53-5-2)54-18-8-6-7-9-31(46)29-16-10-23(3)19-25(29)20-28(45)15-17-30(36(49)50)42-34(47)24-11-13-26(14-12-24)39-21-27-22-40-33-32(41-27)35(48)44-37(38)43-33/h1-2,10-14,16,19,22,30,39H,6-9,15,17-18,20-21H2,3H3,(H,42,47)(H,49,50)(H3,38,40,43,44,48)/t30-/m0/s1. The maximum atomic E-state index is 13.1. The molecule has 2 heterocycles. The molecular weight excluding hydrogens is 733 g/mol. The number of aryl methyl sites for hydroxylation is 1. The number of benzene rings is 2. The van der Waals surface area contributed by atoms with Crippen LogP contribution in [0.25, 0.3) is 11.2 Å². The van der Waals surface area contributed by atoms with Crippen molar-refractivity contribution < 1.29 is 42.4 Å². The number of nitrogens with one attached hydrogen (secondary N) is 3. The number of nitrogens with zero attached hydrogens (tertiary/aromatic N) is 3. The normalized spacial score (nSPS) is 11.5. The van der Waals surface area contributed by atoms with Gasteiger partial charge in [0.2, 0.25) is 5.95 Å². The maximum absolute atomic E-state index is 13.1. The Morgan fingerprint density at radius 2 is 1.75 bits per heavy atom. The number of aliphatic carboxylic acids is 1. The smallest absolute Gasteiger partial charge is 0.480 e. The van der Waals surface area contributed by atoms with Crippen LogP contribution in [0.5, 0.6) is 0 Å². The number of carbonyl (C=O) groups excluding carboxylic acids is 3. The number of phosphoric ester groups is 1. The van der Waals surface area contributed by atoms with Crippen LogP contribution in [-0.4, -0.2) is 61.1 Å². The number of anilines is 2. The van der Waals surface area contributed by atoms with E-state index in [0.717, 1.165) is 5.56 Å². The largest absolute Gasteiger partial charge is 0.604 e. The number of H-pyrrole nitrogens is 1. The Balaban J connectivity index is 1.25. The summed E-state index contributed by atoms with van der Waals surface area (Å²) in [4.78, 5) is 77.9. The van der Waals surface area contributed by atoms with Gasteiger partial charge in [-0.15, -0.1) is 0 Å². The highest BCUT2D eigenvalue weighted by molar-refractivity contribution is 7.48. The second kappa shape index (κ2) is 19.5. The molecular formula is C37H38N7O10P. The first-order valence-corrected chi connectivity index (χ1v) is 18.3. The molecule has 2 aromatic heterocycles. The van der Waals surface area contributed by atoms with E-state index >= 15 is 0 Å². The predicted octanol–water partition coefficient (Wildman–Crippen LogP) is 4.07. The summed E-state index contributed by atoms with van der Waals surface area (Å²) < 4.78 is 26.1. The van der Waals surface area contributed by atoms with E-state index in [-0.39, 0.29) is 73.1 Å². The third kappa shape index (κ3) is 12.3. The van der Waals surface area contributed by atoms with Crippen LogP contribution < -0.4 is 21.9 Å². The van der Waals surface area contributed by atoms with Gasteiger partial charge in [0.25, 0.3) is 11.5 Å². The van der Waals surface area contributed by atoms with E-state index in [1.807, 2.05) is 6.92 Å². The minimum atomic E-state index is -4.06. The Morgan fingerprint density at radius 1 is 1.02 bits per heavy atom. The van der Waals surface area contributed by atoms with Crippen molar-refractivity contribution in [3.8, 4) is 25.1 Å². The topological polar surface area (TPSA) is 255 Å². The van der Waals surface area contributed by atoms with Gasteiger partial charge < -0.3 is 30.5 Å². The summed E-state index contributed by atoms with van der Waals surface area (Å²) in [5, 5.41) is 15.4. The van der Waals surface area contributed by atoms with Crippen LogP contribution >= 0.6 is 7.82 Å². The lowest BCUT2D eigenvalue weighted by Gasteiger charge is -2.15. The van der Waals surface area contributed by atoms with Crippen molar-refractivity contribution in [3.05, 3.63) is 87.0 Å². The number of unbranched alkanes of at least 4 members (excludes halogenated alkanes) is 2. The summed E-state index contributed by atoms with van der Waals surface area (Å²) in [5.41, 5.74) is 8.16. The number of terminal acetylenes is 2. The Hall–Kier alpha value is -6.55. The highest BCUT2D eigenvalue weighted by Crippen LogP contribution is 2.48. The van der Waals surface area contributed by atoms with E-state index in [0.29, 0.717) is 41.8 Å². The fourth-order valence-corrected chi connectivity index (χ4v) is 6.06. The molecule has 0 spiro atoms. The Bertz CT molecular complexity index is 2230. The molecule has 55 heavy (non-hydrogen) atoms. The zero-order valence-corrected chi connectivity index (χ0v) is 30.6. The number of aromatic amines is 1. The van der Waals surface area contributed by atoms with E-state index in [4.69, 9.17) is 23.1 Å². The molecule has 0 radical (unpaired) electrons. The van der Waals surface area contributed by atoms with E-state index in [9.17, 15) is 33.6 Å². The maximum Gasteiger partial charge on any atom is 0.604 e. The van der Waals surface area contributed by atoms with Crippen LogP contribution in [0.15, 0.2) is 53.5 Å². The summed E-state index contributed by atoms with van der Waals surface area (Å²) in [6, 6.07) is 10.0. The highest BCUT2D eigenvalue weighted by Gasteiger charge is 2.28. The van der Waals surface area contributed by atoms with Crippen LogP contribution in [0.2, 0.25) is 0 Å². The minimum absolute atomic E-state index is 0.0360. The molecule has 0 fully saturated rings. The number of hydrogen-bond donors (Lipinski definition) is 5. The number of phosphoric acid groups is 1. The molecule has 1 atom stereocenters. The molecule has 4 aromatic rings. The van der Waals surface area contributed by atoms with Gasteiger partial charge in [0.15, 0.2) is 16.9 Å². The predicted molar refractivity (Wildman–Crippen MR) is 200 cm³/mol. The van der Waals surface area contributed by atoms with Crippen molar-refractivity contribution in [3.63, 3.8) is 0 Å². The molecule has 4 rings (SSSR count). The monoisotopic (exact) mass is 771 g/mol. The van der Waals surface area contributed by atoms with Gasteiger partial charge in [-0.1, -0.05) is 43.0 Å². The molecule has 2 aromatic carbocycles. The first kappa shape index (κ1) is 41.2. The molecule has 17 nitrogen and oxygen atoms in total. The van der Waals surface area contributed by atoms with Crippen molar-refractivity contribution in [1.82, 2.24) is 25.3 Å². The van der Waals surface area contributed by atoms with E-state index in [1.54, 1.807) is 42.5 Å². The average Bonchev–Trinajstić information content (AvgIpc) is 3.14. The summed E-state index contributed by atoms with van der Waals surface area (Å²) in [5.74, 6) is -2.51. The third-order valence-electron chi connectivity index (χ3n) is 8.00. The van der Waals surface area contributed by atoms with Crippen molar-refractivity contribution in [2.24, 2.45) is 0 Å². The van der Waals surface area contributed by atoms with Crippen LogP contribution in [0, 0.1) is 32.0 Å². The van der Waals surface area contributed by atoms with E-state index in [1.165, 1.54) is 18.3 Å². The Labute approximate surface area is 315 Å². The van der Waals surface area contributed by atoms with Crippen LogP contribution in [0.1, 0.15) is 76.1 Å². The first-order chi connectivity index (χ1) is 26.3. The van der Waals surface area contributed by atoms with Crippen LogP contribution in [0.4, 0.5) is 11.6 Å². The molecule has 0 bridgehead atoms. The highest BCUT2D eigenvalue weighted by atomic mass is 31.2. The molecule has 1 amide bonds. The number of hydrogen-bond acceptors (Lipinski definition) is 14. The van der Waals surface area contributed by atoms with Gasteiger partial charge in [-0.05, 0) is 56.0 Å². The van der Waals surface area contributed by atoms with E-state index in [2.05, 4.69) is 39.6 Å². The van der Waals surface area contributed by atoms with Gasteiger partial charge in [0.1, 0.15) is 24.0 Å². The fourth-order valence-electron chi connectivity index (χ4n) is 5.31. The van der Waals surface area contributed by atoms with Crippen molar-refractivity contribution >= 4 is 54.1 Å². The molecule has 0 saturated carbocycles. The van der Waals surface area contributed by atoms with Gasteiger partial charge in [-0.3, -0.25) is 28.7 Å². The lowest BCUT2D eigenvalue weighted by Crippen LogP contribution is -2.41. The zero-order chi connectivity index (χ0) is 40.0. The van der Waals surface area contributed by atoms with Crippen LogP contribution in [-0.2, 0) is 40.7 Å². The van der Waals surface area contributed by atoms with Crippen molar-refractivity contribution in [2.75, 3.05) is 17.7 Å². The molecule has 0 aliphatic heterocycles. The Kier molecular flexibility index (Phi) is 14.6. The number of fused-ring (bicyclic) bond motifs is 1. The molecule has 0 saturated heterocycles. The number of carboxylic acid groups (broad SMARTS) is 1. The average molecular weight is 772 g/mol. The lowest BCUT2D eigenvalue weighted by atomic mass is 9.93. The number of carbonyl (C=O) groups is 4. The quantitative estimate of drug-likeness (QED) is 0.0346. The number of amides is 1. The summed E-state index contributed by atoms with van der Waals surface area (Å²) >= 11 is 0. The third-order valence-corrected chi connectivity index (χ3v) is 9.15. The SMILES string of the molecule is C#COP(=O)(OC#C)OCCCCCC(=O)c1ccc(C)cc1CC(=O)CC[C@H](NC(=O)c1ccc(NCc2cnc3nc(N)[nH]c(=O)c3n2)cc1)C(=O)O. The molecule has 0 aliphatic rings. The zero-order valence-electron chi connectivity index (χ0n) is 29.7. The minimum Gasteiger partial charge on any atom is -0.480 e. The van der Waals surface area contributed by atoms with E-state index < -0.39 is 31.3 Å². The lowest BCUT2D eigenvalue weighted by molar-refractivity contribution is -0.139. The molecule has 18 heteroatoms. The van der Waals surface area contributed by atoms with Gasteiger partial charge in [-0.2, -0.15) is 4.98 Å². The van der Waals surface area contributed by atoms with Crippen molar-refractivity contribution in [2.45, 2.75) is 64.5 Å². The number of carboxylic acids is 1. The Morgan fingerprint density at radius 3 is 2.44 bits per heavy atom. The summed E-state index contributed by atoms with van der Waals surface area (Å²) in [6.07, 6.45) is 16.0. The molecule has 6 N–H and O–H groups in total. The number of ketones is 2. The van der Waals surface area contributed by atoms with Gasteiger partial charge in [0.05, 0.1) is 25.0 Å². The second-order valence-corrected chi connectivity index (χ2v) is 13.6. The number of nitrogens with two attached hydrogens (primary N) is 1. The number of aromatic nitrogens is 4.